The van der Waals surface area contributed by atoms with E-state index in [-0.39, 0.29) is 24.4 Å². The van der Waals surface area contributed by atoms with Crippen molar-refractivity contribution in [2.45, 2.75) is 33.7 Å². The lowest BCUT2D eigenvalue weighted by Crippen LogP contribution is -2.39. The Kier molecular flexibility index (Phi) is 4.21. The van der Waals surface area contributed by atoms with Crippen LogP contribution in [0.15, 0.2) is 12.3 Å². The van der Waals surface area contributed by atoms with Gasteiger partial charge in [0.1, 0.15) is 5.56 Å². The molecule has 7 nitrogen and oxygen atoms in total. The van der Waals surface area contributed by atoms with Gasteiger partial charge < -0.3 is 10.6 Å². The first-order chi connectivity index (χ1) is 9.88. The van der Waals surface area contributed by atoms with E-state index >= 15 is 0 Å². The van der Waals surface area contributed by atoms with E-state index in [4.69, 9.17) is 0 Å². The van der Waals surface area contributed by atoms with Gasteiger partial charge in [-0.1, -0.05) is 0 Å². The molecule has 2 heterocycles. The van der Waals surface area contributed by atoms with Gasteiger partial charge in [-0.2, -0.15) is 5.10 Å². The summed E-state index contributed by atoms with van der Waals surface area (Å²) in [6.45, 7) is 7.41. The molecular weight excluding hydrogens is 270 g/mol. The van der Waals surface area contributed by atoms with Gasteiger partial charge in [0.15, 0.2) is 5.65 Å². The Bertz CT molecular complexity index is 690. The molecule has 0 fully saturated rings. The van der Waals surface area contributed by atoms with E-state index in [0.29, 0.717) is 11.2 Å². The zero-order chi connectivity index (χ0) is 15.6. The van der Waals surface area contributed by atoms with Gasteiger partial charge in [-0.05, 0) is 33.8 Å². The Morgan fingerprint density at radius 2 is 2.05 bits per heavy atom. The van der Waals surface area contributed by atoms with Gasteiger partial charge in [-0.15, -0.1) is 0 Å². The Morgan fingerprint density at radius 1 is 1.33 bits per heavy atom. The van der Waals surface area contributed by atoms with E-state index in [1.165, 1.54) is 6.20 Å². The molecule has 0 bridgehead atoms. The molecule has 0 aliphatic carbocycles. The van der Waals surface area contributed by atoms with Gasteiger partial charge in [0.05, 0.1) is 12.7 Å². The van der Waals surface area contributed by atoms with Crippen LogP contribution in [0.1, 0.15) is 35.6 Å². The zero-order valence-corrected chi connectivity index (χ0v) is 12.6. The van der Waals surface area contributed by atoms with Gasteiger partial charge in [0.25, 0.3) is 5.91 Å². The maximum absolute atomic E-state index is 12.1. The summed E-state index contributed by atoms with van der Waals surface area (Å²) in [6.07, 6.45) is 1.46. The van der Waals surface area contributed by atoms with E-state index in [1.807, 2.05) is 33.8 Å². The first-order valence-electron chi connectivity index (χ1n) is 6.78. The van der Waals surface area contributed by atoms with Crippen molar-refractivity contribution in [3.05, 3.63) is 29.2 Å². The molecule has 0 aliphatic heterocycles. The minimum absolute atomic E-state index is 0.0401. The number of nitrogens with one attached hydrogen (secondary N) is 2. The van der Waals surface area contributed by atoms with Crippen LogP contribution in [0.5, 0.6) is 0 Å². The third kappa shape index (κ3) is 3.36. The molecule has 0 spiro atoms. The summed E-state index contributed by atoms with van der Waals surface area (Å²) >= 11 is 0. The van der Waals surface area contributed by atoms with Crippen LogP contribution in [0.25, 0.3) is 5.65 Å². The Hall–Kier alpha value is -2.44. The lowest BCUT2D eigenvalue weighted by molar-refractivity contribution is -0.120. The van der Waals surface area contributed by atoms with Crippen LogP contribution in [0.4, 0.5) is 0 Å². The molecule has 0 aliphatic rings. The molecule has 2 aromatic heterocycles. The summed E-state index contributed by atoms with van der Waals surface area (Å²) in [5, 5.41) is 9.43. The van der Waals surface area contributed by atoms with Crippen molar-refractivity contribution < 1.29 is 9.59 Å². The molecule has 2 amide bonds. The normalized spacial score (nSPS) is 10.9. The molecule has 0 radical (unpaired) electrons. The SMILES string of the molecule is Cc1cc(C)n2ncc(C(=O)NCC(=O)NC(C)C)c2n1. The van der Waals surface area contributed by atoms with Crippen molar-refractivity contribution in [2.75, 3.05) is 6.54 Å². The number of aromatic nitrogens is 3. The molecule has 21 heavy (non-hydrogen) atoms. The van der Waals surface area contributed by atoms with Crippen LogP contribution in [0.2, 0.25) is 0 Å². The second-order valence-corrected chi connectivity index (χ2v) is 5.24. The van der Waals surface area contributed by atoms with E-state index in [0.717, 1.165) is 11.4 Å². The first kappa shape index (κ1) is 15.0. The number of nitrogens with zero attached hydrogens (tertiary/aromatic N) is 3. The highest BCUT2D eigenvalue weighted by molar-refractivity contribution is 6.01. The van der Waals surface area contributed by atoms with Gasteiger partial charge in [-0.3, -0.25) is 9.59 Å². The van der Waals surface area contributed by atoms with Crippen LogP contribution < -0.4 is 10.6 Å². The predicted octanol–water partition coefficient (Wildman–Crippen LogP) is 0.601. The Balaban J connectivity index is 2.15. The average Bonchev–Trinajstić information content (AvgIpc) is 2.79. The number of carbonyl (C=O) groups is 2. The molecule has 2 rings (SSSR count). The van der Waals surface area contributed by atoms with E-state index in [2.05, 4.69) is 20.7 Å². The quantitative estimate of drug-likeness (QED) is 0.862. The van der Waals surface area contributed by atoms with Crippen LogP contribution in [-0.4, -0.2) is 39.0 Å². The van der Waals surface area contributed by atoms with Gasteiger partial charge in [-0.25, -0.2) is 9.50 Å². The van der Waals surface area contributed by atoms with Crippen molar-refractivity contribution in [2.24, 2.45) is 0 Å². The van der Waals surface area contributed by atoms with Gasteiger partial charge in [0, 0.05) is 17.4 Å². The fourth-order valence-electron chi connectivity index (χ4n) is 2.06. The second kappa shape index (κ2) is 5.90. The largest absolute Gasteiger partial charge is 0.352 e. The molecule has 0 atom stereocenters. The van der Waals surface area contributed by atoms with Gasteiger partial charge in [0.2, 0.25) is 5.91 Å². The summed E-state index contributed by atoms with van der Waals surface area (Å²) in [5.74, 6) is -0.587. The molecule has 2 N–H and O–H groups in total. The third-order valence-corrected chi connectivity index (χ3v) is 2.88. The van der Waals surface area contributed by atoms with Crippen molar-refractivity contribution in [3.63, 3.8) is 0 Å². The van der Waals surface area contributed by atoms with Crippen LogP contribution in [0, 0.1) is 13.8 Å². The van der Waals surface area contributed by atoms with Crippen LogP contribution in [0.3, 0.4) is 0 Å². The van der Waals surface area contributed by atoms with Crippen molar-refractivity contribution >= 4 is 17.5 Å². The fraction of sp³-hybridized carbons (Fsp3) is 0.429. The zero-order valence-electron chi connectivity index (χ0n) is 12.6. The van der Waals surface area contributed by atoms with Crippen LogP contribution >= 0.6 is 0 Å². The summed E-state index contributed by atoms with van der Waals surface area (Å²) < 4.78 is 1.61. The number of amides is 2. The number of hydrogen-bond donors (Lipinski definition) is 2. The highest BCUT2D eigenvalue weighted by Gasteiger charge is 2.16. The minimum Gasteiger partial charge on any atom is -0.352 e. The predicted molar refractivity (Wildman–Crippen MR) is 78.1 cm³/mol. The molecule has 2 aromatic rings. The number of carbonyl (C=O) groups excluding carboxylic acids is 2. The summed E-state index contributed by atoms with van der Waals surface area (Å²) in [4.78, 5) is 28.0. The van der Waals surface area contributed by atoms with Crippen LogP contribution in [-0.2, 0) is 4.79 Å². The highest BCUT2D eigenvalue weighted by atomic mass is 16.2. The minimum atomic E-state index is -0.360. The second-order valence-electron chi connectivity index (χ2n) is 5.24. The molecule has 112 valence electrons. The summed E-state index contributed by atoms with van der Waals surface area (Å²) in [5.41, 5.74) is 2.56. The topological polar surface area (TPSA) is 88.4 Å². The Labute approximate surface area is 122 Å². The average molecular weight is 289 g/mol. The first-order valence-corrected chi connectivity index (χ1v) is 6.78. The Morgan fingerprint density at radius 3 is 2.71 bits per heavy atom. The smallest absolute Gasteiger partial charge is 0.257 e. The molecule has 0 aromatic carbocycles. The number of hydrogen-bond acceptors (Lipinski definition) is 4. The maximum Gasteiger partial charge on any atom is 0.257 e. The lowest BCUT2D eigenvalue weighted by Gasteiger charge is -2.08. The van der Waals surface area contributed by atoms with Crippen molar-refractivity contribution in [1.29, 1.82) is 0 Å². The van der Waals surface area contributed by atoms with Crippen molar-refractivity contribution in [1.82, 2.24) is 25.2 Å². The lowest BCUT2D eigenvalue weighted by atomic mass is 10.3. The monoisotopic (exact) mass is 289 g/mol. The molecular formula is C14H19N5O2. The maximum atomic E-state index is 12.1. The van der Waals surface area contributed by atoms with E-state index < -0.39 is 0 Å². The summed E-state index contributed by atoms with van der Waals surface area (Å²) in [7, 11) is 0. The number of fused-ring (bicyclic) bond motifs is 1. The van der Waals surface area contributed by atoms with E-state index in [9.17, 15) is 9.59 Å². The third-order valence-electron chi connectivity index (χ3n) is 2.88. The summed E-state index contributed by atoms with van der Waals surface area (Å²) in [6, 6.07) is 1.93. The van der Waals surface area contributed by atoms with Crippen molar-refractivity contribution in [3.8, 4) is 0 Å². The molecule has 0 saturated heterocycles. The van der Waals surface area contributed by atoms with Gasteiger partial charge >= 0.3 is 0 Å². The fourth-order valence-corrected chi connectivity index (χ4v) is 2.06. The number of aryl methyl sites for hydroxylation is 2. The number of rotatable bonds is 4. The molecule has 7 heteroatoms. The molecule has 0 unspecified atom stereocenters. The highest BCUT2D eigenvalue weighted by Crippen LogP contribution is 2.11. The molecule has 0 saturated carbocycles. The standard InChI is InChI=1S/C14H19N5O2/c1-8(2)17-12(20)7-15-14(21)11-6-16-19-10(4)5-9(3)18-13(11)19/h5-6,8H,7H2,1-4H3,(H,15,21)(H,17,20). The van der Waals surface area contributed by atoms with E-state index in [1.54, 1.807) is 4.52 Å².